The van der Waals surface area contributed by atoms with E-state index in [4.69, 9.17) is 0 Å². The zero-order valence-corrected chi connectivity index (χ0v) is 15.4. The second kappa shape index (κ2) is 7.61. The lowest BCUT2D eigenvalue weighted by molar-refractivity contribution is 0.0656. The summed E-state index contributed by atoms with van der Waals surface area (Å²) < 4.78 is 53.4. The first-order valence-corrected chi connectivity index (χ1v) is 9.86. The van der Waals surface area contributed by atoms with Crippen LogP contribution in [-0.2, 0) is 10.0 Å². The van der Waals surface area contributed by atoms with Crippen LogP contribution in [0.3, 0.4) is 0 Å². The number of nitrogens with one attached hydrogen (secondary N) is 2. The highest BCUT2D eigenvalue weighted by molar-refractivity contribution is 7.92. The summed E-state index contributed by atoms with van der Waals surface area (Å²) in [6.45, 7) is 3.87. The number of rotatable bonds is 4. The van der Waals surface area contributed by atoms with E-state index in [1.54, 1.807) is 17.0 Å². The molecule has 1 atom stereocenters. The van der Waals surface area contributed by atoms with E-state index in [1.807, 2.05) is 6.92 Å². The van der Waals surface area contributed by atoms with Crippen LogP contribution in [0.1, 0.15) is 17.3 Å². The number of nitrogens with zero attached hydrogens (tertiary/aromatic N) is 1. The largest absolute Gasteiger partial charge is 0.333 e. The van der Waals surface area contributed by atoms with Gasteiger partial charge in [0, 0.05) is 36.9 Å². The number of hydrogen-bond acceptors (Lipinski definition) is 4. The molecular weight excluding hydrogens is 376 g/mol. The highest BCUT2D eigenvalue weighted by Gasteiger charge is 2.24. The first-order valence-electron chi connectivity index (χ1n) is 8.37. The van der Waals surface area contributed by atoms with Gasteiger partial charge in [-0.1, -0.05) is 6.07 Å². The van der Waals surface area contributed by atoms with E-state index in [0.717, 1.165) is 12.1 Å². The van der Waals surface area contributed by atoms with Crippen molar-refractivity contribution in [2.45, 2.75) is 17.9 Å². The molecule has 0 unspecified atom stereocenters. The van der Waals surface area contributed by atoms with Crippen LogP contribution in [0.15, 0.2) is 47.4 Å². The Labute approximate surface area is 156 Å². The van der Waals surface area contributed by atoms with Crippen LogP contribution in [0.5, 0.6) is 0 Å². The molecule has 144 valence electrons. The summed E-state index contributed by atoms with van der Waals surface area (Å²) in [7, 11) is -4.12. The van der Waals surface area contributed by atoms with Gasteiger partial charge in [-0.3, -0.25) is 9.52 Å². The Morgan fingerprint density at radius 3 is 2.67 bits per heavy atom. The van der Waals surface area contributed by atoms with Crippen molar-refractivity contribution < 1.29 is 22.0 Å². The molecule has 2 N–H and O–H groups in total. The number of benzene rings is 2. The van der Waals surface area contributed by atoms with Crippen molar-refractivity contribution in [2.75, 3.05) is 24.4 Å². The maximum absolute atomic E-state index is 13.3. The Kier molecular flexibility index (Phi) is 5.43. The summed E-state index contributed by atoms with van der Waals surface area (Å²) in [5.41, 5.74) is 0.502. The third-order valence-electron chi connectivity index (χ3n) is 4.33. The van der Waals surface area contributed by atoms with Crippen molar-refractivity contribution in [3.63, 3.8) is 0 Å². The molecule has 0 radical (unpaired) electrons. The maximum atomic E-state index is 13.3. The van der Waals surface area contributed by atoms with Gasteiger partial charge in [0.15, 0.2) is 11.6 Å². The maximum Gasteiger partial charge on any atom is 0.261 e. The third-order valence-corrected chi connectivity index (χ3v) is 5.70. The summed E-state index contributed by atoms with van der Waals surface area (Å²) in [4.78, 5) is 14.0. The van der Waals surface area contributed by atoms with Crippen LogP contribution in [0, 0.1) is 11.6 Å². The predicted molar refractivity (Wildman–Crippen MR) is 97.0 cm³/mol. The van der Waals surface area contributed by atoms with E-state index in [0.29, 0.717) is 31.3 Å². The van der Waals surface area contributed by atoms with Gasteiger partial charge in [-0.15, -0.1) is 0 Å². The lowest BCUT2D eigenvalue weighted by atomic mass is 10.1. The normalized spacial score (nSPS) is 17.6. The van der Waals surface area contributed by atoms with Crippen LogP contribution < -0.4 is 10.0 Å². The molecule has 0 bridgehead atoms. The molecule has 6 nitrogen and oxygen atoms in total. The van der Waals surface area contributed by atoms with Crippen molar-refractivity contribution >= 4 is 21.6 Å². The monoisotopic (exact) mass is 395 g/mol. The molecule has 1 amide bonds. The first kappa shape index (κ1) is 19.2. The number of sulfonamides is 1. The number of anilines is 1. The summed E-state index contributed by atoms with van der Waals surface area (Å²) in [6, 6.07) is 8.41. The van der Waals surface area contributed by atoms with E-state index in [2.05, 4.69) is 10.0 Å². The molecule has 27 heavy (non-hydrogen) atoms. The van der Waals surface area contributed by atoms with Crippen LogP contribution in [-0.4, -0.2) is 44.9 Å². The predicted octanol–water partition coefficient (Wildman–Crippen LogP) is 2.20. The van der Waals surface area contributed by atoms with Gasteiger partial charge in [0.25, 0.3) is 15.9 Å². The highest BCUT2D eigenvalue weighted by Crippen LogP contribution is 2.20. The van der Waals surface area contributed by atoms with Gasteiger partial charge in [0.1, 0.15) is 0 Å². The summed E-state index contributed by atoms with van der Waals surface area (Å²) >= 11 is 0. The molecule has 9 heteroatoms. The number of hydrogen-bond donors (Lipinski definition) is 2. The third kappa shape index (κ3) is 4.25. The average Bonchev–Trinajstić information content (AvgIpc) is 2.63. The number of halogens is 2. The van der Waals surface area contributed by atoms with Gasteiger partial charge in [-0.05, 0) is 43.3 Å². The molecule has 0 aromatic heterocycles. The minimum atomic E-state index is -4.12. The van der Waals surface area contributed by atoms with Crippen LogP contribution in [0.2, 0.25) is 0 Å². The Morgan fingerprint density at radius 1 is 1.19 bits per heavy atom. The molecule has 1 heterocycles. The fraction of sp³-hybridized carbons (Fsp3) is 0.278. The SMILES string of the molecule is C[C@H]1CNCCN1C(=O)c1cccc(NS(=O)(=O)c2ccc(F)c(F)c2)c1. The Bertz CT molecular complexity index is 966. The lowest BCUT2D eigenvalue weighted by Crippen LogP contribution is -2.52. The number of carbonyl (C=O) groups excluding carboxylic acids is 1. The average molecular weight is 395 g/mol. The zero-order chi connectivity index (χ0) is 19.6. The Hall–Kier alpha value is -2.52. The first-order chi connectivity index (χ1) is 12.8. The fourth-order valence-electron chi connectivity index (χ4n) is 2.88. The molecule has 3 rings (SSSR count). The van der Waals surface area contributed by atoms with Crippen LogP contribution in [0.4, 0.5) is 14.5 Å². The molecule has 0 saturated carbocycles. The minimum Gasteiger partial charge on any atom is -0.333 e. The minimum absolute atomic E-state index is 0.0220. The van der Waals surface area contributed by atoms with Crippen LogP contribution >= 0.6 is 0 Å². The number of carbonyl (C=O) groups is 1. The molecule has 1 aliphatic heterocycles. The van der Waals surface area contributed by atoms with E-state index >= 15 is 0 Å². The van der Waals surface area contributed by atoms with E-state index < -0.39 is 26.6 Å². The molecule has 2 aromatic carbocycles. The summed E-state index contributed by atoms with van der Waals surface area (Å²) in [5, 5.41) is 3.20. The zero-order valence-electron chi connectivity index (χ0n) is 14.6. The van der Waals surface area contributed by atoms with Gasteiger partial charge < -0.3 is 10.2 Å². The van der Waals surface area contributed by atoms with Gasteiger partial charge in [0.2, 0.25) is 0 Å². The van der Waals surface area contributed by atoms with Gasteiger partial charge in [-0.2, -0.15) is 0 Å². The van der Waals surface area contributed by atoms with Crippen molar-refractivity contribution in [1.29, 1.82) is 0 Å². The fourth-order valence-corrected chi connectivity index (χ4v) is 3.94. The molecular formula is C18H19F2N3O3S. The van der Waals surface area contributed by atoms with Crippen LogP contribution in [0.25, 0.3) is 0 Å². The van der Waals surface area contributed by atoms with E-state index in [1.165, 1.54) is 12.1 Å². The van der Waals surface area contributed by atoms with Gasteiger partial charge in [0.05, 0.1) is 4.90 Å². The summed E-state index contributed by atoms with van der Waals surface area (Å²) in [5.74, 6) is -2.58. The molecule has 2 aromatic rings. The van der Waals surface area contributed by atoms with Gasteiger partial charge >= 0.3 is 0 Å². The van der Waals surface area contributed by atoms with Gasteiger partial charge in [-0.25, -0.2) is 17.2 Å². The second-order valence-electron chi connectivity index (χ2n) is 6.31. The summed E-state index contributed by atoms with van der Waals surface area (Å²) in [6.07, 6.45) is 0. The topological polar surface area (TPSA) is 78.5 Å². The second-order valence-corrected chi connectivity index (χ2v) is 8.00. The highest BCUT2D eigenvalue weighted by atomic mass is 32.2. The smallest absolute Gasteiger partial charge is 0.261 e. The van der Waals surface area contributed by atoms with Crippen molar-refractivity contribution in [1.82, 2.24) is 10.2 Å². The van der Waals surface area contributed by atoms with E-state index in [9.17, 15) is 22.0 Å². The van der Waals surface area contributed by atoms with Crippen molar-refractivity contribution in [3.05, 3.63) is 59.7 Å². The molecule has 1 fully saturated rings. The molecule has 1 aliphatic rings. The van der Waals surface area contributed by atoms with Crippen molar-refractivity contribution in [2.24, 2.45) is 0 Å². The molecule has 0 aliphatic carbocycles. The molecule has 1 saturated heterocycles. The van der Waals surface area contributed by atoms with Crippen molar-refractivity contribution in [3.8, 4) is 0 Å². The molecule has 0 spiro atoms. The Morgan fingerprint density at radius 2 is 1.96 bits per heavy atom. The quantitative estimate of drug-likeness (QED) is 0.832. The number of piperazine rings is 1. The van der Waals surface area contributed by atoms with E-state index in [-0.39, 0.29) is 17.6 Å². The lowest BCUT2D eigenvalue weighted by Gasteiger charge is -2.34. The number of amides is 1. The Balaban J connectivity index is 1.83. The standard InChI is InChI=1S/C18H19F2N3O3S/c1-12-11-21-7-8-23(12)18(24)13-3-2-4-14(9-13)22-27(25,26)15-5-6-16(19)17(20)10-15/h2-6,9-10,12,21-22H,7-8,11H2,1H3/t12-/m0/s1.